The fourth-order valence-electron chi connectivity index (χ4n) is 1.91. The molecule has 0 aliphatic heterocycles. The largest absolute Gasteiger partial charge is 0.466 e. The quantitative estimate of drug-likeness (QED) is 0.806. The molecular weight excluding hydrogens is 252 g/mol. The highest BCUT2D eigenvalue weighted by Crippen LogP contribution is 2.25. The second kappa shape index (κ2) is 7.44. The second-order valence-corrected chi connectivity index (χ2v) is 6.15. The maximum Gasteiger partial charge on any atom is 0.305 e. The van der Waals surface area contributed by atoms with Gasteiger partial charge in [0.25, 0.3) is 0 Å². The van der Waals surface area contributed by atoms with Crippen molar-refractivity contribution in [2.45, 2.75) is 58.5 Å². The summed E-state index contributed by atoms with van der Waals surface area (Å²) in [5.41, 5.74) is 2.19. The lowest BCUT2D eigenvalue weighted by molar-refractivity contribution is -0.144. The summed E-state index contributed by atoms with van der Waals surface area (Å²) in [6.07, 6.45) is 0.862. The molecule has 112 valence electrons. The molecule has 1 unspecified atom stereocenters. The molecule has 0 fully saturated rings. The number of benzene rings is 1. The molecule has 1 aromatic rings. The Balaban J connectivity index is 2.51. The third-order valence-electron chi connectivity index (χ3n) is 3.25. The number of ether oxygens (including phenoxy) is 1. The van der Waals surface area contributed by atoms with Crippen LogP contribution in [0.1, 0.15) is 64.2 Å². The molecule has 0 amide bonds. The zero-order chi connectivity index (χ0) is 15.2. The molecule has 0 bridgehead atoms. The summed E-state index contributed by atoms with van der Waals surface area (Å²) >= 11 is 0. The Morgan fingerprint density at radius 3 is 2.35 bits per heavy atom. The van der Waals surface area contributed by atoms with Crippen LogP contribution in [0.25, 0.3) is 0 Å². The van der Waals surface area contributed by atoms with Crippen LogP contribution < -0.4 is 0 Å². The van der Waals surface area contributed by atoms with Gasteiger partial charge in [0.2, 0.25) is 0 Å². The molecular formula is C17H26O3. The van der Waals surface area contributed by atoms with Gasteiger partial charge in [-0.2, -0.15) is 0 Å². The molecule has 1 atom stereocenters. The van der Waals surface area contributed by atoms with Gasteiger partial charge >= 0.3 is 5.97 Å². The van der Waals surface area contributed by atoms with E-state index in [0.29, 0.717) is 13.0 Å². The maximum atomic E-state index is 11.4. The van der Waals surface area contributed by atoms with E-state index in [1.54, 1.807) is 0 Å². The first kappa shape index (κ1) is 16.7. The minimum Gasteiger partial charge on any atom is -0.466 e. The van der Waals surface area contributed by atoms with E-state index < -0.39 is 6.10 Å². The first-order valence-corrected chi connectivity index (χ1v) is 7.28. The first-order chi connectivity index (χ1) is 9.34. The number of hydrogen-bond acceptors (Lipinski definition) is 3. The van der Waals surface area contributed by atoms with Crippen molar-refractivity contribution < 1.29 is 14.6 Å². The molecule has 3 nitrogen and oxygen atoms in total. The zero-order valence-corrected chi connectivity index (χ0v) is 13.0. The van der Waals surface area contributed by atoms with Crippen molar-refractivity contribution in [3.05, 3.63) is 35.4 Å². The molecule has 0 saturated heterocycles. The Bertz CT molecular complexity index is 415. The average molecular weight is 278 g/mol. The number of aliphatic hydroxyl groups is 1. The smallest absolute Gasteiger partial charge is 0.305 e. The summed E-state index contributed by atoms with van der Waals surface area (Å²) < 4.78 is 4.99. The fourth-order valence-corrected chi connectivity index (χ4v) is 1.91. The zero-order valence-electron chi connectivity index (χ0n) is 13.0. The predicted octanol–water partition coefficient (Wildman–Crippen LogP) is 3.75. The van der Waals surface area contributed by atoms with Crippen LogP contribution in [-0.4, -0.2) is 17.7 Å². The lowest BCUT2D eigenvalue weighted by Crippen LogP contribution is -2.11. The van der Waals surface area contributed by atoms with Gasteiger partial charge in [-0.1, -0.05) is 52.0 Å². The van der Waals surface area contributed by atoms with Crippen molar-refractivity contribution in [1.29, 1.82) is 0 Å². The van der Waals surface area contributed by atoms with Crippen molar-refractivity contribution in [3.8, 4) is 0 Å². The van der Waals surface area contributed by atoms with Crippen LogP contribution in [-0.2, 0) is 14.9 Å². The summed E-state index contributed by atoms with van der Waals surface area (Å²) in [5, 5.41) is 10.1. The van der Waals surface area contributed by atoms with E-state index in [4.69, 9.17) is 4.74 Å². The number of hydrogen-bond donors (Lipinski definition) is 1. The van der Waals surface area contributed by atoms with Crippen molar-refractivity contribution in [3.63, 3.8) is 0 Å². The molecule has 0 radical (unpaired) electrons. The van der Waals surface area contributed by atoms with Gasteiger partial charge in [0, 0.05) is 6.42 Å². The number of rotatable bonds is 6. The van der Waals surface area contributed by atoms with Gasteiger partial charge in [0.1, 0.15) is 0 Å². The summed E-state index contributed by atoms with van der Waals surface area (Å²) in [7, 11) is 0. The van der Waals surface area contributed by atoms with Crippen LogP contribution >= 0.6 is 0 Å². The van der Waals surface area contributed by atoms with Gasteiger partial charge in [-0.15, -0.1) is 0 Å². The summed E-state index contributed by atoms with van der Waals surface area (Å²) in [6, 6.07) is 7.94. The molecule has 1 aromatic carbocycles. The highest BCUT2D eigenvalue weighted by atomic mass is 16.5. The molecule has 0 aliphatic carbocycles. The highest BCUT2D eigenvalue weighted by molar-refractivity contribution is 5.69. The number of esters is 1. The van der Waals surface area contributed by atoms with E-state index in [1.807, 2.05) is 31.2 Å². The molecule has 1 rings (SSSR count). The van der Waals surface area contributed by atoms with Gasteiger partial charge in [-0.3, -0.25) is 4.79 Å². The number of aliphatic hydroxyl groups excluding tert-OH is 1. The summed E-state index contributed by atoms with van der Waals surface area (Å²) in [5.74, 6) is -0.239. The average Bonchev–Trinajstić information content (AvgIpc) is 2.41. The molecule has 0 aromatic heterocycles. The normalized spacial score (nSPS) is 13.1. The Hall–Kier alpha value is -1.35. The summed E-state index contributed by atoms with van der Waals surface area (Å²) in [4.78, 5) is 11.4. The Morgan fingerprint density at radius 1 is 1.25 bits per heavy atom. The standard InChI is InChI=1S/C17H26O3/c1-5-12-20-16(19)11-10-15(18)13-6-8-14(9-7-13)17(2,3)4/h6-9,15,18H,5,10-12H2,1-4H3. The van der Waals surface area contributed by atoms with E-state index in [1.165, 1.54) is 5.56 Å². The molecule has 0 aliphatic rings. The molecule has 3 heteroatoms. The van der Waals surface area contributed by atoms with E-state index >= 15 is 0 Å². The van der Waals surface area contributed by atoms with Gasteiger partial charge < -0.3 is 9.84 Å². The third kappa shape index (κ3) is 5.33. The Labute approximate surface area is 122 Å². The Morgan fingerprint density at radius 2 is 1.85 bits per heavy atom. The topological polar surface area (TPSA) is 46.5 Å². The van der Waals surface area contributed by atoms with E-state index in [2.05, 4.69) is 20.8 Å². The van der Waals surface area contributed by atoms with Gasteiger partial charge in [-0.25, -0.2) is 0 Å². The predicted molar refractivity (Wildman–Crippen MR) is 80.6 cm³/mol. The Kier molecular flexibility index (Phi) is 6.21. The minimum absolute atomic E-state index is 0.105. The van der Waals surface area contributed by atoms with Crippen LogP contribution in [0, 0.1) is 0 Å². The van der Waals surface area contributed by atoms with E-state index in [0.717, 1.165) is 12.0 Å². The van der Waals surface area contributed by atoms with E-state index in [9.17, 15) is 9.90 Å². The molecule has 0 saturated carbocycles. The van der Waals surface area contributed by atoms with Gasteiger partial charge in [-0.05, 0) is 29.4 Å². The highest BCUT2D eigenvalue weighted by Gasteiger charge is 2.15. The van der Waals surface area contributed by atoms with Crippen molar-refractivity contribution in [2.75, 3.05) is 6.61 Å². The van der Waals surface area contributed by atoms with Crippen LogP contribution in [0.5, 0.6) is 0 Å². The number of carbonyl (C=O) groups excluding carboxylic acids is 1. The van der Waals surface area contributed by atoms with Gasteiger partial charge in [0.15, 0.2) is 0 Å². The third-order valence-corrected chi connectivity index (χ3v) is 3.25. The minimum atomic E-state index is -0.613. The molecule has 1 N–H and O–H groups in total. The second-order valence-electron chi connectivity index (χ2n) is 6.15. The lowest BCUT2D eigenvalue weighted by atomic mass is 9.86. The van der Waals surface area contributed by atoms with Crippen LogP contribution in [0.15, 0.2) is 24.3 Å². The van der Waals surface area contributed by atoms with Crippen molar-refractivity contribution in [1.82, 2.24) is 0 Å². The fraction of sp³-hybridized carbons (Fsp3) is 0.588. The monoisotopic (exact) mass is 278 g/mol. The van der Waals surface area contributed by atoms with Crippen LogP contribution in [0.3, 0.4) is 0 Å². The van der Waals surface area contributed by atoms with E-state index in [-0.39, 0.29) is 17.8 Å². The lowest BCUT2D eigenvalue weighted by Gasteiger charge is -2.20. The molecule has 20 heavy (non-hydrogen) atoms. The van der Waals surface area contributed by atoms with Crippen LogP contribution in [0.4, 0.5) is 0 Å². The SMILES string of the molecule is CCCOC(=O)CCC(O)c1ccc(C(C)(C)C)cc1. The van der Waals surface area contributed by atoms with Crippen molar-refractivity contribution >= 4 is 5.97 Å². The molecule has 0 heterocycles. The van der Waals surface area contributed by atoms with Crippen molar-refractivity contribution in [2.24, 2.45) is 0 Å². The molecule has 0 spiro atoms. The van der Waals surface area contributed by atoms with Gasteiger partial charge in [0.05, 0.1) is 12.7 Å². The number of carbonyl (C=O) groups is 1. The first-order valence-electron chi connectivity index (χ1n) is 7.28. The summed E-state index contributed by atoms with van der Waals surface area (Å²) in [6.45, 7) is 8.88. The maximum absolute atomic E-state index is 11.4. The van der Waals surface area contributed by atoms with Crippen LogP contribution in [0.2, 0.25) is 0 Å².